The van der Waals surface area contributed by atoms with Gasteiger partial charge in [0.15, 0.2) is 5.72 Å². The molecule has 4 fully saturated rings. The second-order valence-corrected chi connectivity index (χ2v) is 9.17. The van der Waals surface area contributed by atoms with Gasteiger partial charge in [-0.25, -0.2) is 0 Å². The molecule has 0 radical (unpaired) electrons. The number of rotatable bonds is 0. The molecule has 1 aliphatic heterocycles. The van der Waals surface area contributed by atoms with Crippen LogP contribution in [0.15, 0.2) is 5.10 Å². The Bertz CT molecular complexity index is 506. The van der Waals surface area contributed by atoms with Gasteiger partial charge in [-0.2, -0.15) is 5.10 Å². The summed E-state index contributed by atoms with van der Waals surface area (Å²) in [5.74, 6) is 4.80. The van der Waals surface area contributed by atoms with Gasteiger partial charge in [-0.1, -0.05) is 26.2 Å². The molecule has 0 aromatic heterocycles. The maximum absolute atomic E-state index is 11.3. The molecule has 0 amide bonds. The van der Waals surface area contributed by atoms with Gasteiger partial charge in [0.2, 0.25) is 0 Å². The number of fused-ring (bicyclic) bond motifs is 7. The van der Waals surface area contributed by atoms with Gasteiger partial charge in [-0.3, -0.25) is 5.43 Å². The average molecular weight is 302 g/mol. The second kappa shape index (κ2) is 4.49. The molecule has 3 nitrogen and oxygen atoms in total. The van der Waals surface area contributed by atoms with Crippen LogP contribution < -0.4 is 5.43 Å². The van der Waals surface area contributed by atoms with Gasteiger partial charge in [-0.05, 0) is 68.1 Å². The molecule has 3 heteroatoms. The molecule has 0 aromatic rings. The van der Waals surface area contributed by atoms with Crippen molar-refractivity contribution in [1.82, 2.24) is 5.43 Å². The molecule has 0 saturated heterocycles. The largest absolute Gasteiger partial charge is 0.368 e. The van der Waals surface area contributed by atoms with E-state index in [1.165, 1.54) is 51.4 Å². The minimum atomic E-state index is -0.758. The number of hydrazone groups is 1. The van der Waals surface area contributed by atoms with Gasteiger partial charge in [-0.15, -0.1) is 0 Å². The fourth-order valence-corrected chi connectivity index (χ4v) is 7.53. The zero-order chi connectivity index (χ0) is 14.9. The van der Waals surface area contributed by atoms with E-state index in [4.69, 9.17) is 0 Å². The van der Waals surface area contributed by atoms with Crippen LogP contribution in [-0.2, 0) is 0 Å². The van der Waals surface area contributed by atoms with Gasteiger partial charge in [0, 0.05) is 17.5 Å². The molecule has 0 aromatic carbocycles. The third-order valence-electron chi connectivity index (χ3n) is 8.68. The molecule has 5 rings (SSSR count). The molecule has 7 unspecified atom stereocenters. The molecule has 22 heavy (non-hydrogen) atoms. The van der Waals surface area contributed by atoms with E-state index in [0.717, 1.165) is 30.1 Å². The normalized spacial score (nSPS) is 59.2. The highest BCUT2D eigenvalue weighted by atomic mass is 16.3. The standard InChI is InChI=1S/C19H30N2O/c1-18-9-8-15-14-5-3-2-4-12(14)6-7-16(15)17(18)10-13-11-20-21-19(13,18)22/h11-17,21-22H,2-10H2,1H3/t12?,13?,14?,15?,16?,17?,18-,19?/m0/s1. The highest BCUT2D eigenvalue weighted by molar-refractivity contribution is 5.66. The van der Waals surface area contributed by atoms with Crippen molar-refractivity contribution in [2.24, 2.45) is 46.0 Å². The first-order valence-electron chi connectivity index (χ1n) is 9.66. The summed E-state index contributed by atoms with van der Waals surface area (Å²) in [6.45, 7) is 2.35. The molecule has 122 valence electrons. The Labute approximate surface area is 133 Å². The van der Waals surface area contributed by atoms with Crippen LogP contribution in [0.1, 0.15) is 64.7 Å². The number of hydrogen-bond acceptors (Lipinski definition) is 3. The van der Waals surface area contributed by atoms with Gasteiger partial charge in [0.1, 0.15) is 0 Å². The maximum atomic E-state index is 11.3. The van der Waals surface area contributed by atoms with E-state index in [2.05, 4.69) is 17.5 Å². The summed E-state index contributed by atoms with van der Waals surface area (Å²) in [4.78, 5) is 0. The fraction of sp³-hybridized carbons (Fsp3) is 0.947. The van der Waals surface area contributed by atoms with Crippen molar-refractivity contribution >= 4 is 6.21 Å². The van der Waals surface area contributed by atoms with Crippen LogP contribution in [0.2, 0.25) is 0 Å². The van der Waals surface area contributed by atoms with Gasteiger partial charge in [0.25, 0.3) is 0 Å². The smallest absolute Gasteiger partial charge is 0.163 e. The van der Waals surface area contributed by atoms with Gasteiger partial charge < -0.3 is 5.11 Å². The molecule has 2 N–H and O–H groups in total. The summed E-state index contributed by atoms with van der Waals surface area (Å²) < 4.78 is 0. The zero-order valence-electron chi connectivity index (χ0n) is 13.8. The van der Waals surface area contributed by atoms with E-state index >= 15 is 0 Å². The summed E-state index contributed by atoms with van der Waals surface area (Å²) >= 11 is 0. The number of nitrogens with zero attached hydrogens (tertiary/aromatic N) is 1. The quantitative estimate of drug-likeness (QED) is 0.719. The van der Waals surface area contributed by atoms with E-state index in [-0.39, 0.29) is 11.3 Å². The lowest BCUT2D eigenvalue weighted by atomic mass is 9.50. The maximum Gasteiger partial charge on any atom is 0.163 e. The zero-order valence-corrected chi connectivity index (χ0v) is 13.8. The highest BCUT2D eigenvalue weighted by Crippen LogP contribution is 2.66. The third kappa shape index (κ3) is 1.54. The van der Waals surface area contributed by atoms with Crippen LogP contribution in [0.3, 0.4) is 0 Å². The molecule has 4 saturated carbocycles. The van der Waals surface area contributed by atoms with Crippen LogP contribution in [0.5, 0.6) is 0 Å². The molecule has 4 aliphatic carbocycles. The van der Waals surface area contributed by atoms with Crippen LogP contribution in [0.4, 0.5) is 0 Å². The Morgan fingerprint density at radius 3 is 2.82 bits per heavy atom. The summed E-state index contributed by atoms with van der Waals surface area (Å²) in [6, 6.07) is 0. The second-order valence-electron chi connectivity index (χ2n) is 9.17. The van der Waals surface area contributed by atoms with Crippen molar-refractivity contribution in [3.8, 4) is 0 Å². The lowest BCUT2D eigenvalue weighted by Crippen LogP contribution is -2.58. The predicted octanol–water partition coefficient (Wildman–Crippen LogP) is 3.53. The molecular formula is C19H30N2O. The van der Waals surface area contributed by atoms with Gasteiger partial charge in [0.05, 0.1) is 0 Å². The third-order valence-corrected chi connectivity index (χ3v) is 8.68. The predicted molar refractivity (Wildman–Crippen MR) is 87.2 cm³/mol. The topological polar surface area (TPSA) is 44.6 Å². The molecule has 1 heterocycles. The number of aliphatic hydroxyl groups is 1. The molecule has 8 atom stereocenters. The number of hydrogen-bond donors (Lipinski definition) is 2. The van der Waals surface area contributed by atoms with Crippen LogP contribution in [-0.4, -0.2) is 17.0 Å². The molecule has 0 bridgehead atoms. The van der Waals surface area contributed by atoms with Crippen LogP contribution in [0.25, 0.3) is 0 Å². The van der Waals surface area contributed by atoms with Crippen molar-refractivity contribution in [1.29, 1.82) is 0 Å². The van der Waals surface area contributed by atoms with Crippen molar-refractivity contribution in [2.75, 3.05) is 0 Å². The van der Waals surface area contributed by atoms with E-state index in [1.54, 1.807) is 0 Å². The Morgan fingerprint density at radius 1 is 1.05 bits per heavy atom. The van der Waals surface area contributed by atoms with Crippen molar-refractivity contribution in [2.45, 2.75) is 70.4 Å². The van der Waals surface area contributed by atoms with Gasteiger partial charge >= 0.3 is 0 Å². The van der Waals surface area contributed by atoms with Crippen molar-refractivity contribution < 1.29 is 5.11 Å². The summed E-state index contributed by atoms with van der Waals surface area (Å²) in [6.07, 6.45) is 14.5. The lowest BCUT2D eigenvalue weighted by Gasteiger charge is -2.56. The van der Waals surface area contributed by atoms with E-state index in [1.807, 2.05) is 6.21 Å². The first-order valence-corrected chi connectivity index (χ1v) is 9.66. The minimum absolute atomic E-state index is 0.0246. The Balaban J connectivity index is 1.47. The van der Waals surface area contributed by atoms with E-state index < -0.39 is 5.72 Å². The first kappa shape index (κ1) is 13.8. The monoisotopic (exact) mass is 302 g/mol. The summed E-state index contributed by atoms with van der Waals surface area (Å²) in [5, 5.41) is 15.5. The summed E-state index contributed by atoms with van der Waals surface area (Å²) in [7, 11) is 0. The molecule has 0 spiro atoms. The molecule has 5 aliphatic rings. The summed E-state index contributed by atoms with van der Waals surface area (Å²) in [5.41, 5.74) is 2.38. The number of nitrogens with one attached hydrogen (secondary N) is 1. The Kier molecular flexibility index (Phi) is 2.83. The first-order chi connectivity index (χ1) is 10.6. The SMILES string of the molecule is C[C@]12CCC3C4CCCCC4CCC3C1CC1C=NNC12O. The Morgan fingerprint density at radius 2 is 1.91 bits per heavy atom. The van der Waals surface area contributed by atoms with Crippen LogP contribution in [0, 0.1) is 40.9 Å². The van der Waals surface area contributed by atoms with Crippen LogP contribution >= 0.6 is 0 Å². The lowest BCUT2D eigenvalue weighted by molar-refractivity contribution is -0.147. The fourth-order valence-electron chi connectivity index (χ4n) is 7.53. The Hall–Kier alpha value is -0.570. The molecular weight excluding hydrogens is 272 g/mol. The average Bonchev–Trinajstić information content (AvgIpc) is 3.01. The highest BCUT2D eigenvalue weighted by Gasteiger charge is 2.67. The minimum Gasteiger partial charge on any atom is -0.368 e. The van der Waals surface area contributed by atoms with E-state index in [0.29, 0.717) is 5.92 Å². The van der Waals surface area contributed by atoms with Crippen molar-refractivity contribution in [3.05, 3.63) is 0 Å². The van der Waals surface area contributed by atoms with Crippen molar-refractivity contribution in [3.63, 3.8) is 0 Å². The van der Waals surface area contributed by atoms with E-state index in [9.17, 15) is 5.11 Å².